The van der Waals surface area contributed by atoms with E-state index >= 15 is 0 Å². The van der Waals surface area contributed by atoms with Crippen LogP contribution in [0.5, 0.6) is 0 Å². The van der Waals surface area contributed by atoms with Gasteiger partial charge < -0.3 is 9.84 Å². The van der Waals surface area contributed by atoms with Crippen LogP contribution < -0.4 is 0 Å². The molecule has 0 saturated carbocycles. The second-order valence-corrected chi connectivity index (χ2v) is 5.71. The number of aliphatic hydroxyl groups is 1. The monoisotopic (exact) mass is 354 g/mol. The van der Waals surface area contributed by atoms with Gasteiger partial charge in [-0.2, -0.15) is 0 Å². The minimum Gasteiger partial charge on any atom is -0.457 e. The van der Waals surface area contributed by atoms with Crippen molar-refractivity contribution in [2.45, 2.75) is 13.2 Å². The van der Waals surface area contributed by atoms with Crippen molar-refractivity contribution in [2.24, 2.45) is 0 Å². The van der Waals surface area contributed by atoms with Crippen molar-refractivity contribution in [3.8, 4) is 11.1 Å². The van der Waals surface area contributed by atoms with Crippen molar-refractivity contribution in [3.05, 3.63) is 95.1 Å². The van der Waals surface area contributed by atoms with Gasteiger partial charge >= 0.3 is 5.97 Å². The van der Waals surface area contributed by atoms with Crippen molar-refractivity contribution >= 4 is 5.97 Å². The van der Waals surface area contributed by atoms with Crippen LogP contribution in [0.4, 0.5) is 8.78 Å². The van der Waals surface area contributed by atoms with Gasteiger partial charge in [0.2, 0.25) is 0 Å². The number of esters is 1. The number of hydrogen-bond acceptors (Lipinski definition) is 3. The van der Waals surface area contributed by atoms with Gasteiger partial charge in [-0.25, -0.2) is 13.6 Å². The van der Waals surface area contributed by atoms with E-state index < -0.39 is 23.2 Å². The maximum atomic E-state index is 14.4. The van der Waals surface area contributed by atoms with Crippen LogP contribution in [0.25, 0.3) is 11.1 Å². The minimum absolute atomic E-state index is 0.0227. The lowest BCUT2D eigenvalue weighted by atomic mass is 10.0. The lowest BCUT2D eigenvalue weighted by Crippen LogP contribution is -2.09. The number of hydrogen-bond donors (Lipinski definition) is 1. The molecule has 0 heterocycles. The Bertz CT molecular complexity index is 907. The lowest BCUT2D eigenvalue weighted by Gasteiger charge is -2.10. The molecule has 0 atom stereocenters. The summed E-state index contributed by atoms with van der Waals surface area (Å²) in [7, 11) is 0. The predicted molar refractivity (Wildman–Crippen MR) is 93.3 cm³/mol. The van der Waals surface area contributed by atoms with Gasteiger partial charge in [0.25, 0.3) is 0 Å². The number of halogens is 2. The molecular formula is C21H16F2O3. The van der Waals surface area contributed by atoms with Crippen LogP contribution in [0.3, 0.4) is 0 Å². The van der Waals surface area contributed by atoms with Crippen molar-refractivity contribution in [3.63, 3.8) is 0 Å². The molecule has 0 spiro atoms. The Kier molecular flexibility index (Phi) is 5.39. The predicted octanol–water partition coefficient (Wildman–Crippen LogP) is 4.48. The zero-order chi connectivity index (χ0) is 18.5. The standard InChI is InChI=1S/C21H16F2O3/c22-19-17(16-8-6-14(12-24)7-9-16)10-11-18(20(19)23)21(25)26-13-15-4-2-1-3-5-15/h1-11,24H,12-13H2. The quantitative estimate of drug-likeness (QED) is 0.687. The van der Waals surface area contributed by atoms with Gasteiger partial charge in [0, 0.05) is 5.56 Å². The Morgan fingerprint density at radius 2 is 1.54 bits per heavy atom. The first-order valence-corrected chi connectivity index (χ1v) is 7.99. The molecule has 0 aliphatic rings. The molecule has 0 radical (unpaired) electrons. The number of ether oxygens (including phenoxy) is 1. The summed E-state index contributed by atoms with van der Waals surface area (Å²) in [5, 5.41) is 9.04. The van der Waals surface area contributed by atoms with E-state index in [1.54, 1.807) is 48.5 Å². The molecule has 0 unspecified atom stereocenters. The average molecular weight is 354 g/mol. The fourth-order valence-corrected chi connectivity index (χ4v) is 2.52. The minimum atomic E-state index is -1.24. The number of carbonyl (C=O) groups excluding carboxylic acids is 1. The van der Waals surface area contributed by atoms with Crippen molar-refractivity contribution in [1.29, 1.82) is 0 Å². The van der Waals surface area contributed by atoms with Gasteiger partial charge in [0.15, 0.2) is 11.6 Å². The third kappa shape index (κ3) is 3.78. The Morgan fingerprint density at radius 3 is 2.19 bits per heavy atom. The third-order valence-corrected chi connectivity index (χ3v) is 3.96. The molecule has 132 valence electrons. The summed E-state index contributed by atoms with van der Waals surface area (Å²) in [5.41, 5.74) is 1.45. The first-order chi connectivity index (χ1) is 12.6. The molecule has 3 aromatic carbocycles. The summed E-state index contributed by atoms with van der Waals surface area (Å²) in [6.45, 7) is -0.158. The maximum Gasteiger partial charge on any atom is 0.341 e. The van der Waals surface area contributed by atoms with E-state index in [0.29, 0.717) is 11.1 Å². The van der Waals surface area contributed by atoms with Crippen LogP contribution >= 0.6 is 0 Å². The van der Waals surface area contributed by atoms with Crippen LogP contribution in [-0.4, -0.2) is 11.1 Å². The molecule has 1 N–H and O–H groups in total. The zero-order valence-corrected chi connectivity index (χ0v) is 13.8. The molecule has 5 heteroatoms. The van der Waals surface area contributed by atoms with E-state index in [-0.39, 0.29) is 18.8 Å². The Balaban J connectivity index is 1.81. The molecule has 0 fully saturated rings. The average Bonchev–Trinajstić information content (AvgIpc) is 2.69. The summed E-state index contributed by atoms with van der Waals surface area (Å²) in [4.78, 5) is 12.1. The van der Waals surface area contributed by atoms with Gasteiger partial charge in [0.05, 0.1) is 12.2 Å². The van der Waals surface area contributed by atoms with E-state index in [4.69, 9.17) is 9.84 Å². The lowest BCUT2D eigenvalue weighted by molar-refractivity contribution is 0.0466. The molecule has 3 nitrogen and oxygen atoms in total. The zero-order valence-electron chi connectivity index (χ0n) is 13.8. The van der Waals surface area contributed by atoms with Crippen LogP contribution in [0, 0.1) is 11.6 Å². The van der Waals surface area contributed by atoms with E-state index in [1.807, 2.05) is 6.07 Å². The summed E-state index contributed by atoms with van der Waals surface area (Å²) in [6, 6.07) is 17.9. The topological polar surface area (TPSA) is 46.5 Å². The second-order valence-electron chi connectivity index (χ2n) is 5.71. The first-order valence-electron chi connectivity index (χ1n) is 7.99. The Labute approximate surface area is 149 Å². The molecule has 3 aromatic rings. The number of carbonyl (C=O) groups is 1. The molecule has 0 aliphatic heterocycles. The molecule has 26 heavy (non-hydrogen) atoms. The largest absolute Gasteiger partial charge is 0.457 e. The SMILES string of the molecule is O=C(OCc1ccccc1)c1ccc(-c2ccc(CO)cc2)c(F)c1F. The van der Waals surface area contributed by atoms with Crippen molar-refractivity contribution < 1.29 is 23.4 Å². The number of rotatable bonds is 5. The molecule has 0 aliphatic carbocycles. The van der Waals surface area contributed by atoms with E-state index in [2.05, 4.69) is 0 Å². The highest BCUT2D eigenvalue weighted by molar-refractivity contribution is 5.90. The normalized spacial score (nSPS) is 10.6. The van der Waals surface area contributed by atoms with Crippen molar-refractivity contribution in [2.75, 3.05) is 0 Å². The van der Waals surface area contributed by atoms with Crippen LogP contribution in [0.15, 0.2) is 66.7 Å². The summed E-state index contributed by atoms with van der Waals surface area (Å²) >= 11 is 0. The van der Waals surface area contributed by atoms with Crippen molar-refractivity contribution in [1.82, 2.24) is 0 Å². The van der Waals surface area contributed by atoms with Gasteiger partial charge in [-0.05, 0) is 22.8 Å². The fourth-order valence-electron chi connectivity index (χ4n) is 2.52. The smallest absolute Gasteiger partial charge is 0.341 e. The molecular weight excluding hydrogens is 338 g/mol. The first kappa shape index (κ1) is 17.8. The van der Waals surface area contributed by atoms with E-state index in [0.717, 1.165) is 5.56 Å². The van der Waals surface area contributed by atoms with Gasteiger partial charge in [-0.1, -0.05) is 60.7 Å². The summed E-state index contributed by atoms with van der Waals surface area (Å²) in [6.07, 6.45) is 0. The van der Waals surface area contributed by atoms with Gasteiger partial charge in [-0.3, -0.25) is 0 Å². The molecule has 0 bridgehead atoms. The fraction of sp³-hybridized carbons (Fsp3) is 0.0952. The number of benzene rings is 3. The molecule has 0 amide bonds. The third-order valence-electron chi connectivity index (χ3n) is 3.96. The molecule has 0 saturated heterocycles. The van der Waals surface area contributed by atoms with E-state index in [9.17, 15) is 13.6 Å². The molecule has 3 rings (SSSR count). The van der Waals surface area contributed by atoms with Gasteiger partial charge in [-0.15, -0.1) is 0 Å². The second kappa shape index (κ2) is 7.89. The molecule has 0 aromatic heterocycles. The highest BCUT2D eigenvalue weighted by Gasteiger charge is 2.20. The summed E-state index contributed by atoms with van der Waals surface area (Å²) in [5.74, 6) is -3.28. The number of aliphatic hydroxyl groups excluding tert-OH is 1. The van der Waals surface area contributed by atoms with Crippen LogP contribution in [-0.2, 0) is 18.0 Å². The highest BCUT2D eigenvalue weighted by atomic mass is 19.2. The van der Waals surface area contributed by atoms with Gasteiger partial charge in [0.1, 0.15) is 6.61 Å². The Morgan fingerprint density at radius 1 is 0.846 bits per heavy atom. The Hall–Kier alpha value is -3.05. The van der Waals surface area contributed by atoms with E-state index in [1.165, 1.54) is 12.1 Å². The maximum absolute atomic E-state index is 14.4. The van der Waals surface area contributed by atoms with Crippen LogP contribution in [0.2, 0.25) is 0 Å². The highest BCUT2D eigenvalue weighted by Crippen LogP contribution is 2.27. The van der Waals surface area contributed by atoms with Crippen LogP contribution in [0.1, 0.15) is 21.5 Å². The summed E-state index contributed by atoms with van der Waals surface area (Å²) < 4.78 is 33.8.